The first kappa shape index (κ1) is 25.3. The van der Waals surface area contributed by atoms with E-state index in [-0.39, 0.29) is 23.6 Å². The summed E-state index contributed by atoms with van der Waals surface area (Å²) in [5.41, 5.74) is 0.730. The molecule has 2 fully saturated rings. The lowest BCUT2D eigenvalue weighted by atomic mass is 9.95. The Morgan fingerprint density at radius 2 is 1.75 bits per heavy atom. The maximum atomic E-state index is 13.2. The fraction of sp³-hybridized carbons (Fsp3) is 0.385. The third-order valence-electron chi connectivity index (χ3n) is 6.32. The lowest BCUT2D eigenvalue weighted by Crippen LogP contribution is -2.42. The second kappa shape index (κ2) is 11.3. The van der Waals surface area contributed by atoms with E-state index in [2.05, 4.69) is 4.90 Å². The molecule has 4 rings (SSSR count). The van der Waals surface area contributed by atoms with E-state index in [4.69, 9.17) is 9.47 Å². The molecule has 1 atom stereocenters. The standard InChI is InChI=1S/C26H29N3O7/c1-2-15-36-21-9-5-19(6-10-21)24(30)22-23(18-3-7-20(8-4-18)29(33)34)28(26(32)25(22)31)12-11-27-13-16-35-17-14-27/h3-10,23,30H,2,11-17H2,1H3/b24-22+. The Kier molecular flexibility index (Phi) is 7.97. The molecule has 2 aliphatic rings. The summed E-state index contributed by atoms with van der Waals surface area (Å²) in [5.74, 6) is -1.17. The molecule has 36 heavy (non-hydrogen) atoms. The molecule has 1 amide bonds. The van der Waals surface area contributed by atoms with Crippen LogP contribution in [-0.2, 0) is 14.3 Å². The summed E-state index contributed by atoms with van der Waals surface area (Å²) in [6.45, 7) is 5.98. The van der Waals surface area contributed by atoms with E-state index in [0.29, 0.717) is 43.2 Å². The Labute approximate surface area is 208 Å². The van der Waals surface area contributed by atoms with Crippen LogP contribution in [0.5, 0.6) is 5.75 Å². The molecule has 0 aliphatic carbocycles. The van der Waals surface area contributed by atoms with Crippen LogP contribution in [0, 0.1) is 10.1 Å². The maximum Gasteiger partial charge on any atom is 0.295 e. The molecule has 2 aliphatic heterocycles. The Bertz CT molecular complexity index is 1140. The van der Waals surface area contributed by atoms with Gasteiger partial charge in [-0.25, -0.2) is 0 Å². The van der Waals surface area contributed by atoms with Gasteiger partial charge in [-0.05, 0) is 48.4 Å². The van der Waals surface area contributed by atoms with Crippen molar-refractivity contribution in [3.63, 3.8) is 0 Å². The minimum absolute atomic E-state index is 0.0435. The van der Waals surface area contributed by atoms with E-state index in [0.717, 1.165) is 19.5 Å². The van der Waals surface area contributed by atoms with Crippen molar-refractivity contribution in [3.8, 4) is 5.75 Å². The lowest BCUT2D eigenvalue weighted by molar-refractivity contribution is -0.384. The number of ether oxygens (including phenoxy) is 2. The number of Topliss-reactive ketones (excluding diaryl/α,β-unsaturated/α-hetero) is 1. The molecule has 0 bridgehead atoms. The zero-order chi connectivity index (χ0) is 25.7. The first-order valence-electron chi connectivity index (χ1n) is 12.0. The zero-order valence-corrected chi connectivity index (χ0v) is 20.1. The number of hydrogen-bond donors (Lipinski definition) is 1. The van der Waals surface area contributed by atoms with Gasteiger partial charge >= 0.3 is 0 Å². The molecule has 1 N–H and O–H groups in total. The number of likely N-dealkylation sites (tertiary alicyclic amines) is 1. The number of non-ortho nitro benzene ring substituents is 1. The number of amides is 1. The van der Waals surface area contributed by atoms with Crippen molar-refractivity contribution in [2.45, 2.75) is 19.4 Å². The van der Waals surface area contributed by atoms with Crippen LogP contribution >= 0.6 is 0 Å². The predicted octanol–water partition coefficient (Wildman–Crippen LogP) is 3.14. The van der Waals surface area contributed by atoms with Crippen LogP contribution in [0.2, 0.25) is 0 Å². The number of aliphatic hydroxyl groups excluding tert-OH is 1. The second-order valence-electron chi connectivity index (χ2n) is 8.67. The number of hydrogen-bond acceptors (Lipinski definition) is 8. The van der Waals surface area contributed by atoms with Crippen LogP contribution in [0.4, 0.5) is 5.69 Å². The summed E-state index contributed by atoms with van der Waals surface area (Å²) in [5, 5.41) is 22.3. The number of benzene rings is 2. The van der Waals surface area contributed by atoms with E-state index < -0.39 is 22.7 Å². The Balaban J connectivity index is 1.70. The van der Waals surface area contributed by atoms with Crippen LogP contribution < -0.4 is 4.74 Å². The number of ketones is 1. The van der Waals surface area contributed by atoms with Crippen LogP contribution in [-0.4, -0.2) is 77.5 Å². The van der Waals surface area contributed by atoms with Crippen molar-refractivity contribution >= 4 is 23.1 Å². The number of nitrogens with zero attached hydrogens (tertiary/aromatic N) is 3. The highest BCUT2D eigenvalue weighted by atomic mass is 16.6. The molecule has 2 heterocycles. The zero-order valence-electron chi connectivity index (χ0n) is 20.1. The molecule has 10 heteroatoms. The molecule has 2 saturated heterocycles. The van der Waals surface area contributed by atoms with Gasteiger partial charge in [0.2, 0.25) is 0 Å². The summed E-state index contributed by atoms with van der Waals surface area (Å²) in [6, 6.07) is 11.5. The highest BCUT2D eigenvalue weighted by Gasteiger charge is 2.46. The van der Waals surface area contributed by atoms with Crippen molar-refractivity contribution in [1.82, 2.24) is 9.80 Å². The molecular weight excluding hydrogens is 466 g/mol. The van der Waals surface area contributed by atoms with Crippen molar-refractivity contribution in [2.24, 2.45) is 0 Å². The molecule has 10 nitrogen and oxygen atoms in total. The summed E-state index contributed by atoms with van der Waals surface area (Å²) in [7, 11) is 0. The molecule has 1 unspecified atom stereocenters. The average molecular weight is 496 g/mol. The van der Waals surface area contributed by atoms with Gasteiger partial charge in [0.25, 0.3) is 17.4 Å². The van der Waals surface area contributed by atoms with Gasteiger partial charge in [0.15, 0.2) is 0 Å². The van der Waals surface area contributed by atoms with Crippen LogP contribution in [0.25, 0.3) is 5.76 Å². The minimum atomic E-state index is -0.872. The van der Waals surface area contributed by atoms with Gasteiger partial charge in [0.05, 0.1) is 36.4 Å². The van der Waals surface area contributed by atoms with E-state index in [1.807, 2.05) is 6.92 Å². The highest BCUT2D eigenvalue weighted by Crippen LogP contribution is 2.39. The number of nitro benzene ring substituents is 1. The largest absolute Gasteiger partial charge is 0.507 e. The SMILES string of the molecule is CCCOc1ccc(/C(O)=C2\C(=O)C(=O)N(CCN3CCOCC3)C2c2ccc([N+](=O)[O-])cc2)cc1. The van der Waals surface area contributed by atoms with Crippen LogP contribution in [0.15, 0.2) is 54.1 Å². The smallest absolute Gasteiger partial charge is 0.295 e. The normalized spacial score (nSPS) is 20.0. The topological polar surface area (TPSA) is 122 Å². The van der Waals surface area contributed by atoms with Crippen molar-refractivity contribution in [3.05, 3.63) is 75.3 Å². The van der Waals surface area contributed by atoms with E-state index >= 15 is 0 Å². The quantitative estimate of drug-likeness (QED) is 0.185. The average Bonchev–Trinajstić information content (AvgIpc) is 3.16. The Morgan fingerprint density at radius 1 is 1.08 bits per heavy atom. The maximum absolute atomic E-state index is 13.2. The molecule has 2 aromatic carbocycles. The first-order chi connectivity index (χ1) is 17.4. The van der Waals surface area contributed by atoms with Crippen molar-refractivity contribution in [2.75, 3.05) is 46.0 Å². The van der Waals surface area contributed by atoms with Crippen molar-refractivity contribution in [1.29, 1.82) is 0 Å². The molecule has 2 aromatic rings. The molecule has 0 saturated carbocycles. The van der Waals surface area contributed by atoms with Crippen LogP contribution in [0.1, 0.15) is 30.5 Å². The minimum Gasteiger partial charge on any atom is -0.507 e. The van der Waals surface area contributed by atoms with Gasteiger partial charge in [0, 0.05) is 43.9 Å². The number of aliphatic hydroxyl groups is 1. The summed E-state index contributed by atoms with van der Waals surface area (Å²) < 4.78 is 11.0. The van der Waals surface area contributed by atoms with Gasteiger partial charge in [-0.3, -0.25) is 24.6 Å². The van der Waals surface area contributed by atoms with E-state index in [9.17, 15) is 24.8 Å². The fourth-order valence-electron chi connectivity index (χ4n) is 4.39. The summed E-state index contributed by atoms with van der Waals surface area (Å²) in [6.07, 6.45) is 0.852. The predicted molar refractivity (Wildman–Crippen MR) is 132 cm³/mol. The number of carbonyl (C=O) groups excluding carboxylic acids is 2. The van der Waals surface area contributed by atoms with Gasteiger partial charge in [-0.15, -0.1) is 0 Å². The molecule has 0 aromatic heterocycles. The summed E-state index contributed by atoms with van der Waals surface area (Å²) >= 11 is 0. The van der Waals surface area contributed by atoms with Gasteiger partial charge in [-0.2, -0.15) is 0 Å². The molecule has 0 spiro atoms. The fourth-order valence-corrected chi connectivity index (χ4v) is 4.39. The molecular formula is C26H29N3O7. The number of rotatable bonds is 9. The number of nitro groups is 1. The monoisotopic (exact) mass is 495 g/mol. The van der Waals surface area contributed by atoms with E-state index in [1.54, 1.807) is 24.3 Å². The highest BCUT2D eigenvalue weighted by molar-refractivity contribution is 6.46. The Hall–Kier alpha value is -3.76. The van der Waals surface area contributed by atoms with Crippen molar-refractivity contribution < 1.29 is 29.1 Å². The molecule has 190 valence electrons. The lowest BCUT2D eigenvalue weighted by Gasteiger charge is -2.31. The molecule has 0 radical (unpaired) electrons. The Morgan fingerprint density at radius 3 is 2.36 bits per heavy atom. The number of morpholine rings is 1. The second-order valence-corrected chi connectivity index (χ2v) is 8.67. The first-order valence-corrected chi connectivity index (χ1v) is 12.0. The summed E-state index contributed by atoms with van der Waals surface area (Å²) in [4.78, 5) is 40.5. The van der Waals surface area contributed by atoms with Crippen LogP contribution in [0.3, 0.4) is 0 Å². The van der Waals surface area contributed by atoms with Gasteiger partial charge in [0.1, 0.15) is 11.5 Å². The van der Waals surface area contributed by atoms with Gasteiger partial charge in [-0.1, -0.05) is 6.92 Å². The number of carbonyl (C=O) groups is 2. The third kappa shape index (κ3) is 5.39. The van der Waals surface area contributed by atoms with E-state index in [1.165, 1.54) is 29.2 Å². The third-order valence-corrected chi connectivity index (χ3v) is 6.32. The van der Waals surface area contributed by atoms with Gasteiger partial charge < -0.3 is 19.5 Å².